The second-order valence-electron chi connectivity index (χ2n) is 5.40. The van der Waals surface area contributed by atoms with Crippen LogP contribution in [0.15, 0.2) is 42.5 Å². The van der Waals surface area contributed by atoms with Crippen molar-refractivity contribution in [1.29, 1.82) is 0 Å². The lowest BCUT2D eigenvalue weighted by Gasteiger charge is -2.26. The van der Waals surface area contributed by atoms with Gasteiger partial charge in [0.2, 0.25) is 5.91 Å². The van der Waals surface area contributed by atoms with Crippen molar-refractivity contribution in [2.75, 3.05) is 19.1 Å². The minimum Gasteiger partial charge on any atom is -0.493 e. The minimum absolute atomic E-state index is 0.170. The fraction of sp³-hybridized carbons (Fsp3) is 0.222. The highest BCUT2D eigenvalue weighted by atomic mass is 16.5. The average molecular weight is 326 g/mol. The highest BCUT2D eigenvalue weighted by Crippen LogP contribution is 2.39. The quantitative estimate of drug-likeness (QED) is 0.937. The number of hydrogen-bond donors (Lipinski definition) is 1. The summed E-state index contributed by atoms with van der Waals surface area (Å²) in [4.78, 5) is 26.0. The lowest BCUT2D eigenvalue weighted by molar-refractivity contribution is -0.119. The van der Waals surface area contributed by atoms with Gasteiger partial charge in [-0.05, 0) is 18.2 Å². The highest BCUT2D eigenvalue weighted by molar-refractivity contribution is 6.11. The van der Waals surface area contributed by atoms with Gasteiger partial charge in [0.15, 0.2) is 11.5 Å². The second-order valence-corrected chi connectivity index (χ2v) is 5.40. The molecule has 1 unspecified atom stereocenters. The van der Waals surface area contributed by atoms with Gasteiger partial charge in [-0.25, -0.2) is 0 Å². The van der Waals surface area contributed by atoms with Crippen LogP contribution in [0.2, 0.25) is 0 Å². The Kier molecular flexibility index (Phi) is 4.12. The first-order valence-electron chi connectivity index (χ1n) is 7.48. The third kappa shape index (κ3) is 2.56. The number of carbonyl (C=O) groups is 2. The van der Waals surface area contributed by atoms with E-state index in [1.54, 1.807) is 42.3 Å². The second kappa shape index (κ2) is 6.23. The number of anilines is 1. The molecule has 0 saturated heterocycles. The molecular weight excluding hydrogens is 308 g/mol. The van der Waals surface area contributed by atoms with Crippen LogP contribution in [-0.2, 0) is 4.79 Å². The van der Waals surface area contributed by atoms with Crippen molar-refractivity contribution >= 4 is 17.5 Å². The molecule has 124 valence electrons. The van der Waals surface area contributed by atoms with Gasteiger partial charge in [0.25, 0.3) is 5.91 Å². The van der Waals surface area contributed by atoms with Crippen LogP contribution in [0, 0.1) is 0 Å². The zero-order valence-corrected chi connectivity index (χ0v) is 13.7. The van der Waals surface area contributed by atoms with Gasteiger partial charge in [-0.3, -0.25) is 14.5 Å². The molecule has 0 aliphatic carbocycles. The number of carbonyl (C=O) groups excluding carboxylic acids is 2. The van der Waals surface area contributed by atoms with Gasteiger partial charge in [-0.2, -0.15) is 0 Å². The molecule has 6 heteroatoms. The first-order chi connectivity index (χ1) is 11.6. The standard InChI is InChI=1S/C18H18N2O4/c1-11(21)19-17-13-6-4-5-7-14(13)18(22)20(17)12-8-9-15(23-2)16(10-12)24-3/h4-10,17H,1-3H3,(H,19,21). The van der Waals surface area contributed by atoms with Crippen molar-refractivity contribution in [3.05, 3.63) is 53.6 Å². The van der Waals surface area contributed by atoms with Crippen molar-refractivity contribution in [1.82, 2.24) is 5.32 Å². The Morgan fingerprint density at radius 1 is 1.08 bits per heavy atom. The van der Waals surface area contributed by atoms with E-state index in [1.165, 1.54) is 14.0 Å². The number of nitrogens with one attached hydrogen (secondary N) is 1. The van der Waals surface area contributed by atoms with Crippen molar-refractivity contribution < 1.29 is 19.1 Å². The number of ether oxygens (including phenoxy) is 2. The van der Waals surface area contributed by atoms with Crippen LogP contribution in [-0.4, -0.2) is 26.0 Å². The van der Waals surface area contributed by atoms with E-state index >= 15 is 0 Å². The van der Waals surface area contributed by atoms with Gasteiger partial charge >= 0.3 is 0 Å². The van der Waals surface area contributed by atoms with Gasteiger partial charge in [0, 0.05) is 24.1 Å². The fourth-order valence-electron chi connectivity index (χ4n) is 2.89. The molecule has 0 fully saturated rings. The number of hydrogen-bond acceptors (Lipinski definition) is 4. The van der Waals surface area contributed by atoms with Crippen molar-refractivity contribution in [2.45, 2.75) is 13.1 Å². The molecule has 0 radical (unpaired) electrons. The molecule has 2 aromatic carbocycles. The zero-order chi connectivity index (χ0) is 17.3. The van der Waals surface area contributed by atoms with E-state index in [2.05, 4.69) is 5.32 Å². The first-order valence-corrected chi connectivity index (χ1v) is 7.48. The number of nitrogens with zero attached hydrogens (tertiary/aromatic N) is 1. The van der Waals surface area contributed by atoms with E-state index in [0.29, 0.717) is 22.7 Å². The van der Waals surface area contributed by atoms with Crippen LogP contribution in [0.25, 0.3) is 0 Å². The van der Waals surface area contributed by atoms with Crippen LogP contribution < -0.4 is 19.7 Å². The van der Waals surface area contributed by atoms with E-state index in [1.807, 2.05) is 12.1 Å². The average Bonchev–Trinajstić information content (AvgIpc) is 2.86. The Labute approximate surface area is 140 Å². The van der Waals surface area contributed by atoms with Crippen LogP contribution >= 0.6 is 0 Å². The predicted molar refractivity (Wildman–Crippen MR) is 89.4 cm³/mol. The summed E-state index contributed by atoms with van der Waals surface area (Å²) in [6.45, 7) is 1.43. The summed E-state index contributed by atoms with van der Waals surface area (Å²) in [5, 5.41) is 2.84. The summed E-state index contributed by atoms with van der Waals surface area (Å²) in [5.74, 6) is 0.702. The van der Waals surface area contributed by atoms with E-state index in [9.17, 15) is 9.59 Å². The van der Waals surface area contributed by atoms with Gasteiger partial charge < -0.3 is 14.8 Å². The molecule has 0 spiro atoms. The summed E-state index contributed by atoms with van der Waals surface area (Å²) in [6.07, 6.45) is -0.552. The van der Waals surface area contributed by atoms with Crippen LogP contribution in [0.3, 0.4) is 0 Å². The molecule has 3 rings (SSSR count). The molecule has 1 atom stereocenters. The molecule has 0 aromatic heterocycles. The summed E-state index contributed by atoms with van der Waals surface area (Å²) < 4.78 is 10.6. The van der Waals surface area contributed by atoms with E-state index in [4.69, 9.17) is 9.47 Å². The molecule has 1 heterocycles. The van der Waals surface area contributed by atoms with Crippen molar-refractivity contribution in [3.8, 4) is 11.5 Å². The molecule has 24 heavy (non-hydrogen) atoms. The van der Waals surface area contributed by atoms with Gasteiger partial charge in [-0.1, -0.05) is 18.2 Å². The molecule has 2 amide bonds. The molecule has 2 aromatic rings. The monoisotopic (exact) mass is 326 g/mol. The number of methoxy groups -OCH3 is 2. The molecule has 0 saturated carbocycles. The van der Waals surface area contributed by atoms with Crippen LogP contribution in [0.5, 0.6) is 11.5 Å². The predicted octanol–water partition coefficient (Wildman–Crippen LogP) is 2.50. The van der Waals surface area contributed by atoms with Crippen molar-refractivity contribution in [3.63, 3.8) is 0 Å². The Hall–Kier alpha value is -3.02. The number of amides is 2. The van der Waals surface area contributed by atoms with E-state index in [-0.39, 0.29) is 11.8 Å². The van der Waals surface area contributed by atoms with E-state index < -0.39 is 6.17 Å². The first kappa shape index (κ1) is 15.9. The maximum Gasteiger partial charge on any atom is 0.260 e. The fourth-order valence-corrected chi connectivity index (χ4v) is 2.89. The third-order valence-corrected chi connectivity index (χ3v) is 3.95. The van der Waals surface area contributed by atoms with Crippen LogP contribution in [0.1, 0.15) is 29.0 Å². The molecule has 0 bridgehead atoms. The van der Waals surface area contributed by atoms with Gasteiger partial charge in [-0.15, -0.1) is 0 Å². The van der Waals surface area contributed by atoms with E-state index in [0.717, 1.165) is 5.56 Å². The Morgan fingerprint density at radius 3 is 2.46 bits per heavy atom. The molecule has 1 N–H and O–H groups in total. The maximum absolute atomic E-state index is 12.8. The Bertz CT molecular complexity index is 803. The molecule has 1 aliphatic rings. The molecular formula is C18H18N2O4. The number of fused-ring (bicyclic) bond motifs is 1. The SMILES string of the molecule is COc1ccc(N2C(=O)c3ccccc3C2NC(C)=O)cc1OC. The summed E-state index contributed by atoms with van der Waals surface area (Å²) >= 11 is 0. The normalized spacial score (nSPS) is 15.9. The Morgan fingerprint density at radius 2 is 1.79 bits per heavy atom. The minimum atomic E-state index is -0.552. The van der Waals surface area contributed by atoms with Crippen molar-refractivity contribution in [2.24, 2.45) is 0 Å². The largest absolute Gasteiger partial charge is 0.493 e. The summed E-state index contributed by atoms with van der Waals surface area (Å²) in [5.41, 5.74) is 1.96. The summed E-state index contributed by atoms with van der Waals surface area (Å²) in [6, 6.07) is 12.5. The lowest BCUT2D eigenvalue weighted by atomic mass is 10.1. The topological polar surface area (TPSA) is 67.9 Å². The van der Waals surface area contributed by atoms with Crippen LogP contribution in [0.4, 0.5) is 5.69 Å². The Balaban J connectivity index is 2.09. The zero-order valence-electron chi connectivity index (χ0n) is 13.7. The number of benzene rings is 2. The van der Waals surface area contributed by atoms with Gasteiger partial charge in [0.05, 0.1) is 19.9 Å². The molecule has 1 aliphatic heterocycles. The molecule has 6 nitrogen and oxygen atoms in total. The highest BCUT2D eigenvalue weighted by Gasteiger charge is 2.38. The number of rotatable bonds is 4. The summed E-state index contributed by atoms with van der Waals surface area (Å²) in [7, 11) is 3.09. The smallest absolute Gasteiger partial charge is 0.260 e. The maximum atomic E-state index is 12.8. The lowest BCUT2D eigenvalue weighted by Crippen LogP contribution is -2.38. The van der Waals surface area contributed by atoms with Gasteiger partial charge in [0.1, 0.15) is 6.17 Å². The third-order valence-electron chi connectivity index (χ3n) is 3.95.